The Hall–Kier alpha value is -3.50. The fraction of sp³-hybridized carbons (Fsp3) is 0.167. The Bertz CT molecular complexity index is 1590. The number of hydrogen-bond donors (Lipinski definition) is 0. The summed E-state index contributed by atoms with van der Waals surface area (Å²) in [7, 11) is -3.54. The quantitative estimate of drug-likeness (QED) is 0.370. The van der Waals surface area contributed by atoms with Crippen LogP contribution in [-0.4, -0.2) is 35.0 Å². The van der Waals surface area contributed by atoms with Crippen molar-refractivity contribution in [3.8, 4) is 0 Å². The van der Waals surface area contributed by atoms with E-state index in [2.05, 4.69) is 9.97 Å². The summed E-state index contributed by atoms with van der Waals surface area (Å²) in [6.45, 7) is 0. The van der Waals surface area contributed by atoms with Gasteiger partial charge in [-0.1, -0.05) is 17.7 Å². The molecule has 0 amide bonds. The van der Waals surface area contributed by atoms with Gasteiger partial charge < -0.3 is 0 Å². The highest BCUT2D eigenvalue weighted by molar-refractivity contribution is 7.90. The standard InChI is InChI=1S/C24H18ClF2N3O4S/c1-35(33,34)16-7-8-17-21(10-16)29-13-30(24(17)32)22(11-18-19(26)3-2-4-20(18)27)23(31)9-15-6-5-14(25)12-28-15/h2-8,10,12-13,22H,9,11H2,1H3. The van der Waals surface area contributed by atoms with E-state index in [0.29, 0.717) is 10.7 Å². The molecule has 2 heterocycles. The topological polar surface area (TPSA) is 99.0 Å². The molecule has 0 saturated heterocycles. The number of nitrogens with zero attached hydrogens (tertiary/aromatic N) is 3. The number of benzene rings is 2. The molecule has 2 aromatic carbocycles. The second-order valence-electron chi connectivity index (χ2n) is 7.94. The zero-order chi connectivity index (χ0) is 25.3. The maximum Gasteiger partial charge on any atom is 0.261 e. The van der Waals surface area contributed by atoms with E-state index in [1.807, 2.05) is 0 Å². The molecule has 2 aromatic heterocycles. The maximum atomic E-state index is 14.4. The highest BCUT2D eigenvalue weighted by atomic mass is 35.5. The third kappa shape index (κ3) is 5.28. The number of fused-ring (bicyclic) bond motifs is 1. The van der Waals surface area contributed by atoms with E-state index in [9.17, 15) is 26.8 Å². The summed E-state index contributed by atoms with van der Waals surface area (Å²) in [5.74, 6) is -2.24. The van der Waals surface area contributed by atoms with Crippen molar-refractivity contribution in [2.24, 2.45) is 0 Å². The van der Waals surface area contributed by atoms with Gasteiger partial charge >= 0.3 is 0 Å². The van der Waals surface area contributed by atoms with Crippen LogP contribution in [0.1, 0.15) is 17.3 Å². The lowest BCUT2D eigenvalue weighted by Gasteiger charge is -2.20. The Balaban J connectivity index is 1.81. The van der Waals surface area contributed by atoms with Crippen LogP contribution in [0.15, 0.2) is 70.7 Å². The van der Waals surface area contributed by atoms with Crippen LogP contribution in [0.25, 0.3) is 10.9 Å². The molecule has 0 radical (unpaired) electrons. The molecule has 180 valence electrons. The molecular weight excluding hydrogens is 500 g/mol. The summed E-state index contributed by atoms with van der Waals surface area (Å²) in [6.07, 6.45) is 2.79. The van der Waals surface area contributed by atoms with Gasteiger partial charge in [-0.3, -0.25) is 19.1 Å². The van der Waals surface area contributed by atoms with Gasteiger partial charge in [0.15, 0.2) is 15.6 Å². The van der Waals surface area contributed by atoms with Crippen molar-refractivity contribution in [2.75, 3.05) is 6.26 Å². The van der Waals surface area contributed by atoms with E-state index in [0.717, 1.165) is 29.3 Å². The van der Waals surface area contributed by atoms with Crippen molar-refractivity contribution in [1.82, 2.24) is 14.5 Å². The van der Waals surface area contributed by atoms with E-state index in [1.165, 1.54) is 36.5 Å². The van der Waals surface area contributed by atoms with Gasteiger partial charge in [-0.05, 0) is 42.5 Å². The van der Waals surface area contributed by atoms with Crippen LogP contribution in [0.4, 0.5) is 8.78 Å². The van der Waals surface area contributed by atoms with E-state index in [-0.39, 0.29) is 27.8 Å². The number of rotatable bonds is 7. The molecule has 1 unspecified atom stereocenters. The van der Waals surface area contributed by atoms with Crippen LogP contribution in [0.5, 0.6) is 0 Å². The Kier molecular flexibility index (Phi) is 6.77. The van der Waals surface area contributed by atoms with E-state index in [4.69, 9.17) is 11.6 Å². The molecule has 0 aliphatic heterocycles. The first-order valence-electron chi connectivity index (χ1n) is 10.3. The van der Waals surface area contributed by atoms with Crippen LogP contribution >= 0.6 is 11.6 Å². The number of pyridine rings is 1. The molecule has 0 aliphatic carbocycles. The molecule has 4 rings (SSSR count). The van der Waals surface area contributed by atoms with Gasteiger partial charge in [0, 0.05) is 30.1 Å². The highest BCUT2D eigenvalue weighted by Gasteiger charge is 2.26. The summed E-state index contributed by atoms with van der Waals surface area (Å²) in [6, 6.07) is 8.91. The summed E-state index contributed by atoms with van der Waals surface area (Å²) in [5.41, 5.74) is -0.543. The molecule has 35 heavy (non-hydrogen) atoms. The fourth-order valence-corrected chi connectivity index (χ4v) is 4.42. The number of aromatic nitrogens is 3. The van der Waals surface area contributed by atoms with Crippen molar-refractivity contribution < 1.29 is 22.0 Å². The van der Waals surface area contributed by atoms with Gasteiger partial charge in [-0.15, -0.1) is 0 Å². The molecule has 0 saturated carbocycles. The van der Waals surface area contributed by atoms with E-state index >= 15 is 0 Å². The Labute approximate surface area is 204 Å². The third-order valence-corrected chi connectivity index (χ3v) is 6.83. The Morgan fingerprint density at radius 2 is 1.80 bits per heavy atom. The van der Waals surface area contributed by atoms with E-state index < -0.39 is 45.3 Å². The molecule has 1 atom stereocenters. The average molecular weight is 518 g/mol. The number of Topliss-reactive ketones (excluding diaryl/α,β-unsaturated/α-hetero) is 1. The Morgan fingerprint density at radius 1 is 1.09 bits per heavy atom. The number of carbonyl (C=O) groups is 1. The van der Waals surface area contributed by atoms with Crippen LogP contribution < -0.4 is 5.56 Å². The van der Waals surface area contributed by atoms with Gasteiger partial charge in [0.25, 0.3) is 5.56 Å². The monoisotopic (exact) mass is 517 g/mol. The van der Waals surface area contributed by atoms with Gasteiger partial charge in [0.2, 0.25) is 0 Å². The zero-order valence-electron chi connectivity index (χ0n) is 18.3. The zero-order valence-corrected chi connectivity index (χ0v) is 19.9. The first-order chi connectivity index (χ1) is 16.5. The average Bonchev–Trinajstić information content (AvgIpc) is 2.80. The predicted octanol–water partition coefficient (Wildman–Crippen LogP) is 3.72. The second-order valence-corrected chi connectivity index (χ2v) is 10.4. The SMILES string of the molecule is CS(=O)(=O)c1ccc2c(=O)n(C(Cc3c(F)cccc3F)C(=O)Cc3ccc(Cl)cn3)cnc2c1. The van der Waals surface area contributed by atoms with Crippen molar-refractivity contribution >= 4 is 38.1 Å². The van der Waals surface area contributed by atoms with Gasteiger partial charge in [-0.2, -0.15) is 0 Å². The van der Waals surface area contributed by atoms with Crippen LogP contribution in [0.2, 0.25) is 5.02 Å². The fourth-order valence-electron chi connectivity index (χ4n) is 3.66. The van der Waals surface area contributed by atoms with E-state index in [1.54, 1.807) is 6.07 Å². The molecule has 7 nitrogen and oxygen atoms in total. The lowest BCUT2D eigenvalue weighted by atomic mass is 9.98. The van der Waals surface area contributed by atoms with Crippen molar-refractivity contribution in [3.05, 3.63) is 99.3 Å². The number of ketones is 1. The first kappa shape index (κ1) is 24.6. The largest absolute Gasteiger partial charge is 0.297 e. The molecule has 0 spiro atoms. The smallest absolute Gasteiger partial charge is 0.261 e. The molecule has 0 bridgehead atoms. The number of hydrogen-bond acceptors (Lipinski definition) is 6. The minimum atomic E-state index is -3.54. The van der Waals surface area contributed by atoms with Crippen LogP contribution in [0, 0.1) is 11.6 Å². The highest BCUT2D eigenvalue weighted by Crippen LogP contribution is 2.23. The minimum absolute atomic E-state index is 0.0236. The Morgan fingerprint density at radius 3 is 2.43 bits per heavy atom. The molecule has 0 aliphatic rings. The molecule has 0 N–H and O–H groups in total. The van der Waals surface area contributed by atoms with Crippen molar-refractivity contribution in [2.45, 2.75) is 23.8 Å². The maximum absolute atomic E-state index is 14.4. The number of halogens is 3. The number of carbonyl (C=O) groups excluding carboxylic acids is 1. The minimum Gasteiger partial charge on any atom is -0.297 e. The molecule has 0 fully saturated rings. The lowest BCUT2D eigenvalue weighted by Crippen LogP contribution is -2.33. The van der Waals surface area contributed by atoms with Gasteiger partial charge in [-0.25, -0.2) is 22.2 Å². The van der Waals surface area contributed by atoms with Crippen molar-refractivity contribution in [1.29, 1.82) is 0 Å². The van der Waals surface area contributed by atoms with Crippen molar-refractivity contribution in [3.63, 3.8) is 0 Å². The molecule has 11 heteroatoms. The summed E-state index contributed by atoms with van der Waals surface area (Å²) in [5, 5.41) is 0.422. The third-order valence-electron chi connectivity index (χ3n) is 5.49. The molecular formula is C24H18ClF2N3O4S. The lowest BCUT2D eigenvalue weighted by molar-refractivity contribution is -0.121. The predicted molar refractivity (Wildman–Crippen MR) is 126 cm³/mol. The van der Waals surface area contributed by atoms with Gasteiger partial charge in [0.1, 0.15) is 17.7 Å². The van der Waals surface area contributed by atoms with Gasteiger partial charge in [0.05, 0.1) is 33.6 Å². The summed E-state index contributed by atoms with van der Waals surface area (Å²) in [4.78, 5) is 34.8. The normalized spacial score (nSPS) is 12.6. The van der Waals surface area contributed by atoms with Crippen LogP contribution in [0.3, 0.4) is 0 Å². The summed E-state index contributed by atoms with van der Waals surface area (Å²) >= 11 is 5.84. The number of sulfone groups is 1. The molecule has 4 aromatic rings. The van der Waals surface area contributed by atoms with Crippen LogP contribution in [-0.2, 0) is 27.5 Å². The second kappa shape index (κ2) is 9.63. The summed E-state index contributed by atoms with van der Waals surface area (Å²) < 4.78 is 53.6. The first-order valence-corrected chi connectivity index (χ1v) is 12.6.